The van der Waals surface area contributed by atoms with Crippen LogP contribution >= 0.6 is 0 Å². The van der Waals surface area contributed by atoms with Gasteiger partial charge in [-0.15, -0.1) is 0 Å². The summed E-state index contributed by atoms with van der Waals surface area (Å²) in [5.41, 5.74) is 3.01. The number of hydrogen-bond donors (Lipinski definition) is 1. The minimum atomic E-state index is -0.169. The monoisotopic (exact) mass is 375 g/mol. The van der Waals surface area contributed by atoms with Gasteiger partial charge >= 0.3 is 0 Å². The van der Waals surface area contributed by atoms with Gasteiger partial charge in [0.25, 0.3) is 5.91 Å². The van der Waals surface area contributed by atoms with E-state index in [1.54, 1.807) is 4.90 Å². The maximum atomic E-state index is 13.3. The quantitative estimate of drug-likeness (QED) is 0.711. The van der Waals surface area contributed by atoms with Crippen LogP contribution in [0.1, 0.15) is 31.1 Å². The topological polar surface area (TPSA) is 62.3 Å². The third-order valence-electron chi connectivity index (χ3n) is 4.47. The Balaban J connectivity index is 2.02. The number of aromatic nitrogens is 1. The van der Waals surface area contributed by atoms with Crippen molar-refractivity contribution in [3.05, 3.63) is 66.2 Å². The van der Waals surface area contributed by atoms with Crippen LogP contribution in [0.5, 0.6) is 0 Å². The molecule has 0 radical (unpaired) electrons. The lowest BCUT2D eigenvalue weighted by Crippen LogP contribution is -2.42. The molecule has 2 amide bonds. The van der Waals surface area contributed by atoms with Crippen LogP contribution in [-0.2, 0) is 4.79 Å². The Morgan fingerprint density at radius 2 is 1.71 bits per heavy atom. The number of nitrogens with one attached hydrogen (secondary N) is 1. The summed E-state index contributed by atoms with van der Waals surface area (Å²) in [5, 5.41) is 3.63. The number of amides is 2. The van der Waals surface area contributed by atoms with Crippen LogP contribution in [0, 0.1) is 0 Å². The number of pyridine rings is 1. The van der Waals surface area contributed by atoms with Gasteiger partial charge in [-0.05, 0) is 32.9 Å². The summed E-state index contributed by atoms with van der Waals surface area (Å²) in [6.07, 6.45) is 0. The zero-order valence-corrected chi connectivity index (χ0v) is 16.5. The number of benzene rings is 2. The smallest absolute Gasteiger partial charge is 0.255 e. The zero-order chi connectivity index (χ0) is 20.1. The first kappa shape index (κ1) is 19.5. The van der Waals surface area contributed by atoms with Gasteiger partial charge in [0.1, 0.15) is 0 Å². The molecule has 1 heterocycles. The molecule has 0 fully saturated rings. The first-order valence-corrected chi connectivity index (χ1v) is 9.53. The van der Waals surface area contributed by atoms with Gasteiger partial charge in [0.05, 0.1) is 23.3 Å². The van der Waals surface area contributed by atoms with Crippen molar-refractivity contribution in [2.75, 3.05) is 13.1 Å². The Hall–Kier alpha value is -3.21. The van der Waals surface area contributed by atoms with Crippen LogP contribution in [0.25, 0.3) is 22.2 Å². The van der Waals surface area contributed by atoms with Crippen molar-refractivity contribution in [2.45, 2.75) is 26.8 Å². The minimum Gasteiger partial charge on any atom is -0.352 e. The molecule has 5 heteroatoms. The van der Waals surface area contributed by atoms with Gasteiger partial charge in [-0.2, -0.15) is 0 Å². The van der Waals surface area contributed by atoms with Gasteiger partial charge in [0.2, 0.25) is 5.91 Å². The van der Waals surface area contributed by atoms with Gasteiger partial charge in [0.15, 0.2) is 0 Å². The molecule has 0 saturated carbocycles. The fraction of sp³-hybridized carbons (Fsp3) is 0.261. The van der Waals surface area contributed by atoms with Crippen molar-refractivity contribution in [2.24, 2.45) is 0 Å². The molecule has 0 unspecified atom stereocenters. The average Bonchev–Trinajstić information content (AvgIpc) is 2.70. The molecule has 0 bridgehead atoms. The molecule has 3 rings (SSSR count). The molecule has 0 spiro atoms. The van der Waals surface area contributed by atoms with Crippen molar-refractivity contribution >= 4 is 22.7 Å². The van der Waals surface area contributed by atoms with E-state index in [1.807, 2.05) is 81.4 Å². The van der Waals surface area contributed by atoms with E-state index in [4.69, 9.17) is 4.98 Å². The molecule has 0 aliphatic rings. The Bertz CT molecular complexity index is 984. The summed E-state index contributed by atoms with van der Waals surface area (Å²) in [4.78, 5) is 31.8. The first-order chi connectivity index (χ1) is 13.5. The van der Waals surface area contributed by atoms with Crippen molar-refractivity contribution in [3.8, 4) is 11.3 Å². The maximum Gasteiger partial charge on any atom is 0.255 e. The Morgan fingerprint density at radius 3 is 2.39 bits per heavy atom. The van der Waals surface area contributed by atoms with E-state index < -0.39 is 0 Å². The second kappa shape index (κ2) is 8.65. The van der Waals surface area contributed by atoms with E-state index in [1.165, 1.54) is 0 Å². The summed E-state index contributed by atoms with van der Waals surface area (Å²) >= 11 is 0. The molecule has 28 heavy (non-hydrogen) atoms. The molecule has 0 atom stereocenters. The van der Waals surface area contributed by atoms with E-state index in [9.17, 15) is 9.59 Å². The standard InChI is InChI=1S/C23H25N3O2/c1-4-26(15-22(27)24-16(2)3)23(28)19-14-21(17-10-6-5-7-11-17)25-20-13-9-8-12-18(19)20/h5-14,16H,4,15H2,1-3H3,(H,24,27). The average molecular weight is 375 g/mol. The number of carbonyl (C=O) groups excluding carboxylic acids is 2. The number of carbonyl (C=O) groups is 2. The largest absolute Gasteiger partial charge is 0.352 e. The van der Waals surface area contributed by atoms with Crippen LogP contribution in [0.4, 0.5) is 0 Å². The van der Waals surface area contributed by atoms with E-state index in [0.717, 1.165) is 22.2 Å². The van der Waals surface area contributed by atoms with E-state index in [2.05, 4.69) is 5.32 Å². The van der Waals surface area contributed by atoms with Gasteiger partial charge < -0.3 is 10.2 Å². The Labute approximate surface area is 165 Å². The lowest BCUT2D eigenvalue weighted by atomic mass is 10.0. The van der Waals surface area contributed by atoms with Gasteiger partial charge in [-0.3, -0.25) is 9.59 Å². The van der Waals surface area contributed by atoms with Crippen molar-refractivity contribution < 1.29 is 9.59 Å². The molecule has 1 aromatic heterocycles. The lowest BCUT2D eigenvalue weighted by Gasteiger charge is -2.22. The van der Waals surface area contributed by atoms with Crippen molar-refractivity contribution in [3.63, 3.8) is 0 Å². The molecule has 2 aromatic carbocycles. The molecular weight excluding hydrogens is 350 g/mol. The predicted octanol–water partition coefficient (Wildman–Crippen LogP) is 3.89. The number of fused-ring (bicyclic) bond motifs is 1. The maximum absolute atomic E-state index is 13.3. The Morgan fingerprint density at radius 1 is 1.04 bits per heavy atom. The number of nitrogens with zero attached hydrogens (tertiary/aromatic N) is 2. The van der Waals surface area contributed by atoms with Gasteiger partial charge in [-0.1, -0.05) is 48.5 Å². The molecule has 0 aliphatic carbocycles. The normalized spacial score (nSPS) is 10.9. The predicted molar refractivity (Wildman–Crippen MR) is 112 cm³/mol. The van der Waals surface area contributed by atoms with Crippen molar-refractivity contribution in [1.29, 1.82) is 0 Å². The highest BCUT2D eigenvalue weighted by atomic mass is 16.2. The summed E-state index contributed by atoms with van der Waals surface area (Å²) in [6, 6.07) is 19.2. The third kappa shape index (κ3) is 4.36. The van der Waals surface area contributed by atoms with Gasteiger partial charge in [0, 0.05) is 23.5 Å². The Kier molecular flexibility index (Phi) is 6.04. The summed E-state index contributed by atoms with van der Waals surface area (Å²) < 4.78 is 0. The van der Waals surface area contributed by atoms with E-state index >= 15 is 0 Å². The van der Waals surface area contributed by atoms with Crippen molar-refractivity contribution in [1.82, 2.24) is 15.2 Å². The summed E-state index contributed by atoms with van der Waals surface area (Å²) in [5.74, 6) is -0.330. The van der Waals surface area contributed by atoms with Gasteiger partial charge in [-0.25, -0.2) is 4.98 Å². The molecule has 1 N–H and O–H groups in total. The third-order valence-corrected chi connectivity index (χ3v) is 4.47. The first-order valence-electron chi connectivity index (χ1n) is 9.53. The molecule has 3 aromatic rings. The molecular formula is C23H25N3O2. The van der Waals surface area contributed by atoms with E-state index in [0.29, 0.717) is 12.1 Å². The number of hydrogen-bond acceptors (Lipinski definition) is 3. The number of rotatable bonds is 6. The number of para-hydroxylation sites is 1. The number of likely N-dealkylation sites (N-methyl/N-ethyl adjacent to an activating group) is 1. The summed E-state index contributed by atoms with van der Waals surface area (Å²) in [7, 11) is 0. The molecule has 5 nitrogen and oxygen atoms in total. The highest BCUT2D eigenvalue weighted by molar-refractivity contribution is 6.08. The van der Waals surface area contributed by atoms with Crippen LogP contribution in [0.3, 0.4) is 0 Å². The van der Waals surface area contributed by atoms with Crippen LogP contribution < -0.4 is 5.32 Å². The molecule has 0 saturated heterocycles. The fourth-order valence-electron chi connectivity index (χ4n) is 3.15. The highest BCUT2D eigenvalue weighted by Gasteiger charge is 2.21. The van der Waals surface area contributed by atoms with Crippen LogP contribution in [0.15, 0.2) is 60.7 Å². The van der Waals surface area contributed by atoms with Crippen LogP contribution in [0.2, 0.25) is 0 Å². The lowest BCUT2D eigenvalue weighted by molar-refractivity contribution is -0.122. The molecule has 0 aliphatic heterocycles. The SMILES string of the molecule is CCN(CC(=O)NC(C)C)C(=O)c1cc(-c2ccccc2)nc2ccccc12. The van der Waals surface area contributed by atoms with Crippen LogP contribution in [-0.4, -0.2) is 40.8 Å². The second-order valence-corrected chi connectivity index (χ2v) is 6.98. The minimum absolute atomic E-state index is 0.0326. The summed E-state index contributed by atoms with van der Waals surface area (Å²) in [6.45, 7) is 6.16. The zero-order valence-electron chi connectivity index (χ0n) is 16.5. The highest BCUT2D eigenvalue weighted by Crippen LogP contribution is 2.25. The van der Waals surface area contributed by atoms with E-state index in [-0.39, 0.29) is 24.4 Å². The fourth-order valence-corrected chi connectivity index (χ4v) is 3.15. The second-order valence-electron chi connectivity index (χ2n) is 6.98. The molecule has 144 valence electrons.